The van der Waals surface area contributed by atoms with Crippen LogP contribution in [-0.4, -0.2) is 65.4 Å². The van der Waals surface area contributed by atoms with Crippen molar-refractivity contribution in [3.63, 3.8) is 0 Å². The number of amides is 1. The zero-order valence-corrected chi connectivity index (χ0v) is 23.4. The van der Waals surface area contributed by atoms with Gasteiger partial charge in [-0.1, -0.05) is 5.16 Å². The summed E-state index contributed by atoms with van der Waals surface area (Å²) in [5.74, 6) is -0.350. The number of amidine groups is 1. The summed E-state index contributed by atoms with van der Waals surface area (Å²) in [5.41, 5.74) is -1.94. The third kappa shape index (κ3) is 7.51. The van der Waals surface area contributed by atoms with Gasteiger partial charge in [0.1, 0.15) is 29.4 Å². The van der Waals surface area contributed by atoms with Gasteiger partial charge in [-0.3, -0.25) is 0 Å². The summed E-state index contributed by atoms with van der Waals surface area (Å²) in [4.78, 5) is 24.8. The number of hydrogen-bond donors (Lipinski definition) is 1. The molecule has 0 spiro atoms. The normalized spacial score (nSPS) is 19.1. The molecule has 11 nitrogen and oxygen atoms in total. The maximum Gasteiger partial charge on any atom is 0.425 e. The Morgan fingerprint density at radius 2 is 1.88 bits per heavy atom. The van der Waals surface area contributed by atoms with E-state index in [2.05, 4.69) is 25.4 Å². The molecular formula is C27H29F4N5O6. The lowest BCUT2D eigenvalue weighted by Gasteiger charge is -2.37. The Balaban J connectivity index is 1.63. The Labute approximate surface area is 238 Å². The standard InChI is InChI=1S/C27H29F4N5O6/c1-25(2,3)41-24(37)34-23-35-26(4,12-21(40-23)27(29,30)31)16-10-15(6-7-17(16)28)20-11-18(36-42-20)19-13-33-22(14-32-19)39-9-8-38-5/h6-7,10-11,13-14,21H,8-9,12H2,1-5H3,(H,34,35,37)/t21-,26-/m0/s1. The van der Waals surface area contributed by atoms with Crippen LogP contribution in [0.3, 0.4) is 0 Å². The second kappa shape index (κ2) is 11.9. The highest BCUT2D eigenvalue weighted by molar-refractivity contribution is 5.91. The first kappa shape index (κ1) is 30.7. The fourth-order valence-electron chi connectivity index (χ4n) is 4.01. The number of benzene rings is 1. The summed E-state index contributed by atoms with van der Waals surface area (Å²) in [5, 5.41) is 6.07. The van der Waals surface area contributed by atoms with Crippen LogP contribution in [0.5, 0.6) is 5.88 Å². The zero-order valence-electron chi connectivity index (χ0n) is 23.4. The van der Waals surface area contributed by atoms with E-state index in [9.17, 15) is 18.0 Å². The summed E-state index contributed by atoms with van der Waals surface area (Å²) < 4.78 is 82.4. The topological polar surface area (TPSA) is 130 Å². The van der Waals surface area contributed by atoms with Crippen LogP contribution in [0.15, 0.2) is 46.2 Å². The van der Waals surface area contributed by atoms with E-state index in [4.69, 9.17) is 23.5 Å². The summed E-state index contributed by atoms with van der Waals surface area (Å²) in [6.45, 7) is 6.72. The lowest BCUT2D eigenvalue weighted by Crippen LogP contribution is -2.49. The summed E-state index contributed by atoms with van der Waals surface area (Å²) in [6.07, 6.45) is -6.23. The van der Waals surface area contributed by atoms with E-state index in [-0.39, 0.29) is 17.2 Å². The molecule has 0 aliphatic carbocycles. The number of halogens is 4. The Kier molecular flexibility index (Phi) is 8.71. The average molecular weight is 596 g/mol. The molecule has 1 aliphatic heterocycles. The van der Waals surface area contributed by atoms with Crippen molar-refractivity contribution < 1.29 is 45.8 Å². The van der Waals surface area contributed by atoms with Crippen molar-refractivity contribution in [3.8, 4) is 28.6 Å². The van der Waals surface area contributed by atoms with Gasteiger partial charge in [-0.05, 0) is 45.9 Å². The van der Waals surface area contributed by atoms with Crippen molar-refractivity contribution >= 4 is 12.1 Å². The maximum absolute atomic E-state index is 15.2. The van der Waals surface area contributed by atoms with Crippen molar-refractivity contribution in [1.29, 1.82) is 0 Å². The van der Waals surface area contributed by atoms with E-state index in [0.717, 1.165) is 6.07 Å². The molecule has 0 radical (unpaired) electrons. The summed E-state index contributed by atoms with van der Waals surface area (Å²) in [6, 6.07) is 4.55. The highest BCUT2D eigenvalue weighted by atomic mass is 19.4. The molecule has 4 rings (SSSR count). The Morgan fingerprint density at radius 1 is 1.12 bits per heavy atom. The molecule has 0 fully saturated rings. The van der Waals surface area contributed by atoms with Gasteiger partial charge in [0.2, 0.25) is 5.88 Å². The van der Waals surface area contributed by atoms with Gasteiger partial charge in [0, 0.05) is 30.7 Å². The number of nitrogens with zero attached hydrogens (tertiary/aromatic N) is 4. The average Bonchev–Trinajstić information content (AvgIpc) is 3.38. The molecule has 1 amide bonds. The first-order valence-electron chi connectivity index (χ1n) is 12.7. The first-order chi connectivity index (χ1) is 19.7. The molecular weight excluding hydrogens is 566 g/mol. The van der Waals surface area contributed by atoms with Crippen molar-refractivity contribution in [2.75, 3.05) is 20.3 Å². The van der Waals surface area contributed by atoms with Crippen LogP contribution in [0, 0.1) is 5.82 Å². The molecule has 0 saturated heterocycles. The Bertz CT molecular complexity index is 1440. The van der Waals surface area contributed by atoms with Crippen LogP contribution in [0.25, 0.3) is 22.7 Å². The van der Waals surface area contributed by atoms with Crippen LogP contribution in [-0.2, 0) is 19.7 Å². The van der Waals surface area contributed by atoms with E-state index < -0.39 is 47.8 Å². The van der Waals surface area contributed by atoms with Crippen LogP contribution in [0.1, 0.15) is 39.7 Å². The molecule has 0 unspecified atom stereocenters. The number of aliphatic imine (C=N–C) groups is 1. The highest BCUT2D eigenvalue weighted by Gasteiger charge is 2.50. The van der Waals surface area contributed by atoms with Crippen molar-refractivity contribution in [2.45, 2.75) is 57.5 Å². The molecule has 0 bridgehead atoms. The third-order valence-electron chi connectivity index (χ3n) is 5.93. The second-order valence-electron chi connectivity index (χ2n) is 10.5. The molecule has 226 valence electrons. The molecule has 42 heavy (non-hydrogen) atoms. The van der Waals surface area contributed by atoms with Crippen LogP contribution in [0.4, 0.5) is 22.4 Å². The fraction of sp³-hybridized carbons (Fsp3) is 0.444. The first-order valence-corrected chi connectivity index (χ1v) is 12.7. The van der Waals surface area contributed by atoms with Gasteiger partial charge in [-0.2, -0.15) is 13.2 Å². The van der Waals surface area contributed by atoms with E-state index in [1.54, 1.807) is 27.9 Å². The number of alkyl carbamates (subject to hydrolysis) is 1. The summed E-state index contributed by atoms with van der Waals surface area (Å²) in [7, 11) is 1.54. The number of alkyl halides is 3. The lowest BCUT2D eigenvalue weighted by atomic mass is 9.84. The van der Waals surface area contributed by atoms with Gasteiger partial charge in [0.25, 0.3) is 6.02 Å². The predicted molar refractivity (Wildman–Crippen MR) is 140 cm³/mol. The largest absolute Gasteiger partial charge is 0.474 e. The number of aromatic nitrogens is 3. The molecule has 15 heteroatoms. The zero-order chi connectivity index (χ0) is 30.7. The minimum Gasteiger partial charge on any atom is -0.474 e. The summed E-state index contributed by atoms with van der Waals surface area (Å²) >= 11 is 0. The molecule has 2 aromatic heterocycles. The SMILES string of the molecule is COCCOc1cnc(-c2cc(-c3ccc(F)c([C@]4(C)C[C@@H](C(F)(F)F)OC(NC(=O)OC(C)(C)C)=N4)c3)on2)cn1. The maximum atomic E-state index is 15.2. The van der Waals surface area contributed by atoms with Crippen molar-refractivity contribution in [2.24, 2.45) is 4.99 Å². The van der Waals surface area contributed by atoms with Crippen LogP contribution in [0.2, 0.25) is 0 Å². The van der Waals surface area contributed by atoms with E-state index in [0.29, 0.717) is 30.2 Å². The molecule has 1 aromatic carbocycles. The van der Waals surface area contributed by atoms with Gasteiger partial charge in [0.05, 0.1) is 24.5 Å². The number of carbonyl (C=O) groups excluding carboxylic acids is 1. The quantitative estimate of drug-likeness (QED) is 0.281. The van der Waals surface area contributed by atoms with Crippen LogP contribution < -0.4 is 10.1 Å². The van der Waals surface area contributed by atoms with E-state index in [1.807, 2.05) is 0 Å². The molecule has 1 N–H and O–H groups in total. The minimum absolute atomic E-state index is 0.184. The van der Waals surface area contributed by atoms with Gasteiger partial charge in [0.15, 0.2) is 11.9 Å². The number of ether oxygens (including phenoxy) is 4. The fourth-order valence-corrected chi connectivity index (χ4v) is 4.01. The van der Waals surface area contributed by atoms with Crippen LogP contribution >= 0.6 is 0 Å². The molecule has 2 atom stereocenters. The van der Waals surface area contributed by atoms with Gasteiger partial charge in [-0.25, -0.2) is 29.5 Å². The monoisotopic (exact) mass is 595 g/mol. The number of hydrogen-bond acceptors (Lipinski definition) is 10. The van der Waals surface area contributed by atoms with Gasteiger partial charge in [-0.15, -0.1) is 0 Å². The molecule has 1 aliphatic rings. The van der Waals surface area contributed by atoms with E-state index in [1.165, 1.54) is 37.5 Å². The predicted octanol–water partition coefficient (Wildman–Crippen LogP) is 5.41. The number of rotatable bonds is 7. The van der Waals surface area contributed by atoms with E-state index >= 15 is 4.39 Å². The van der Waals surface area contributed by atoms with Gasteiger partial charge >= 0.3 is 12.3 Å². The molecule has 3 heterocycles. The smallest absolute Gasteiger partial charge is 0.425 e. The third-order valence-corrected chi connectivity index (χ3v) is 5.93. The number of carbonyl (C=O) groups is 1. The lowest BCUT2D eigenvalue weighted by molar-refractivity contribution is -0.208. The van der Waals surface area contributed by atoms with Crippen molar-refractivity contribution in [3.05, 3.63) is 48.0 Å². The van der Waals surface area contributed by atoms with Crippen molar-refractivity contribution in [1.82, 2.24) is 20.4 Å². The Morgan fingerprint density at radius 3 is 2.52 bits per heavy atom. The minimum atomic E-state index is -4.84. The number of methoxy groups -OCH3 is 1. The molecule has 3 aromatic rings. The second-order valence-corrected chi connectivity index (χ2v) is 10.5. The molecule has 0 saturated carbocycles. The Hall–Kier alpha value is -4.27. The highest BCUT2D eigenvalue weighted by Crippen LogP contribution is 2.42. The van der Waals surface area contributed by atoms with Gasteiger partial charge < -0.3 is 23.5 Å². The number of nitrogens with one attached hydrogen (secondary N) is 1.